The fourth-order valence-corrected chi connectivity index (χ4v) is 1.53. The van der Waals surface area contributed by atoms with Crippen molar-refractivity contribution in [3.05, 3.63) is 17.8 Å². The van der Waals surface area contributed by atoms with Gasteiger partial charge in [-0.1, -0.05) is 11.6 Å². The van der Waals surface area contributed by atoms with Gasteiger partial charge in [0, 0.05) is 0 Å². The third-order valence-corrected chi connectivity index (χ3v) is 2.26. The standard InChI is InChI=1S/C8H9ClN4O2/c9-7-6-8(11-3-10-7)12-4-13(6)1-5(15)2-14/h3-5,14-15H,1-2H2. The number of nitrogens with zero attached hydrogens (tertiary/aromatic N) is 4. The van der Waals surface area contributed by atoms with Crippen molar-refractivity contribution < 1.29 is 10.2 Å². The lowest BCUT2D eigenvalue weighted by molar-refractivity contribution is 0.0821. The molecule has 0 aromatic carbocycles. The minimum absolute atomic E-state index is 0.208. The molecule has 0 saturated carbocycles. The van der Waals surface area contributed by atoms with Crippen LogP contribution in [0.2, 0.25) is 5.15 Å². The van der Waals surface area contributed by atoms with Crippen molar-refractivity contribution in [2.24, 2.45) is 0 Å². The first-order valence-corrected chi connectivity index (χ1v) is 4.70. The molecule has 1 unspecified atom stereocenters. The summed E-state index contributed by atoms with van der Waals surface area (Å²) in [4.78, 5) is 11.7. The topological polar surface area (TPSA) is 84.1 Å². The van der Waals surface area contributed by atoms with Crippen LogP contribution in [-0.2, 0) is 6.54 Å². The summed E-state index contributed by atoms with van der Waals surface area (Å²) in [6, 6.07) is 0. The highest BCUT2D eigenvalue weighted by Gasteiger charge is 2.11. The fourth-order valence-electron chi connectivity index (χ4n) is 1.30. The first-order chi connectivity index (χ1) is 7.22. The van der Waals surface area contributed by atoms with Gasteiger partial charge in [0.1, 0.15) is 11.8 Å². The molecule has 0 aliphatic rings. The Hall–Kier alpha value is -1.24. The van der Waals surface area contributed by atoms with Crippen molar-refractivity contribution in [1.82, 2.24) is 19.5 Å². The molecular weight excluding hydrogens is 220 g/mol. The quantitative estimate of drug-likeness (QED) is 0.713. The minimum Gasteiger partial charge on any atom is -0.394 e. The van der Waals surface area contributed by atoms with Gasteiger partial charge >= 0.3 is 0 Å². The highest BCUT2D eigenvalue weighted by atomic mass is 35.5. The third-order valence-electron chi connectivity index (χ3n) is 1.98. The lowest BCUT2D eigenvalue weighted by Gasteiger charge is -2.08. The Morgan fingerprint density at radius 3 is 2.93 bits per heavy atom. The van der Waals surface area contributed by atoms with E-state index in [9.17, 15) is 5.11 Å². The molecule has 0 saturated heterocycles. The van der Waals surface area contributed by atoms with Crippen LogP contribution in [0.4, 0.5) is 0 Å². The Kier molecular flexibility index (Phi) is 2.81. The van der Waals surface area contributed by atoms with E-state index in [1.807, 2.05) is 0 Å². The summed E-state index contributed by atoms with van der Waals surface area (Å²) in [5, 5.41) is 18.3. The molecule has 1 atom stereocenters. The highest BCUT2D eigenvalue weighted by molar-refractivity contribution is 6.33. The summed E-state index contributed by atoms with van der Waals surface area (Å²) < 4.78 is 1.61. The van der Waals surface area contributed by atoms with Crippen LogP contribution >= 0.6 is 11.6 Å². The Balaban J connectivity index is 2.43. The molecule has 0 amide bonds. The third kappa shape index (κ3) is 1.92. The van der Waals surface area contributed by atoms with E-state index in [0.29, 0.717) is 11.2 Å². The maximum atomic E-state index is 9.30. The molecule has 0 fully saturated rings. The molecule has 2 aromatic heterocycles. The second kappa shape index (κ2) is 4.09. The average molecular weight is 229 g/mol. The van der Waals surface area contributed by atoms with Crippen molar-refractivity contribution in [3.8, 4) is 0 Å². The Labute approximate surface area is 90.2 Å². The zero-order valence-electron chi connectivity index (χ0n) is 7.71. The first-order valence-electron chi connectivity index (χ1n) is 4.32. The molecule has 2 N–H and O–H groups in total. The molecule has 2 rings (SSSR count). The molecule has 0 radical (unpaired) electrons. The Morgan fingerprint density at radius 2 is 2.20 bits per heavy atom. The molecule has 0 aliphatic heterocycles. The summed E-state index contributed by atoms with van der Waals surface area (Å²) in [5.41, 5.74) is 1.03. The summed E-state index contributed by atoms with van der Waals surface area (Å²) in [6.07, 6.45) is 1.98. The number of aliphatic hydroxyl groups excluding tert-OH is 2. The predicted octanol–water partition coefficient (Wildman–Crippen LogP) is -0.167. The van der Waals surface area contributed by atoms with Gasteiger partial charge in [0.25, 0.3) is 0 Å². The highest BCUT2D eigenvalue weighted by Crippen LogP contribution is 2.18. The van der Waals surface area contributed by atoms with Gasteiger partial charge in [-0.2, -0.15) is 0 Å². The number of aromatic nitrogens is 4. The van der Waals surface area contributed by atoms with E-state index in [0.717, 1.165) is 0 Å². The second-order valence-corrected chi connectivity index (χ2v) is 3.43. The SMILES string of the molecule is OCC(O)Cn1cnc2ncnc(Cl)c21. The average Bonchev–Trinajstić information content (AvgIpc) is 2.63. The van der Waals surface area contributed by atoms with Gasteiger partial charge in [-0.3, -0.25) is 0 Å². The molecule has 0 spiro atoms. The molecule has 0 bridgehead atoms. The van der Waals surface area contributed by atoms with Gasteiger partial charge in [-0.05, 0) is 0 Å². The molecule has 15 heavy (non-hydrogen) atoms. The summed E-state index contributed by atoms with van der Waals surface area (Å²) >= 11 is 5.87. The number of hydrogen-bond donors (Lipinski definition) is 2. The van der Waals surface area contributed by atoms with E-state index in [1.165, 1.54) is 12.7 Å². The van der Waals surface area contributed by atoms with Crippen LogP contribution in [0.1, 0.15) is 0 Å². The number of aliphatic hydroxyl groups is 2. The largest absolute Gasteiger partial charge is 0.394 e. The lowest BCUT2D eigenvalue weighted by Crippen LogP contribution is -2.19. The number of imidazole rings is 1. The second-order valence-electron chi connectivity index (χ2n) is 3.07. The lowest BCUT2D eigenvalue weighted by atomic mass is 10.3. The van der Waals surface area contributed by atoms with Crippen LogP contribution in [0, 0.1) is 0 Å². The fraction of sp³-hybridized carbons (Fsp3) is 0.375. The van der Waals surface area contributed by atoms with Gasteiger partial charge in [0.15, 0.2) is 10.8 Å². The van der Waals surface area contributed by atoms with E-state index in [-0.39, 0.29) is 18.3 Å². The van der Waals surface area contributed by atoms with Crippen LogP contribution in [0.25, 0.3) is 11.2 Å². The van der Waals surface area contributed by atoms with E-state index in [1.54, 1.807) is 4.57 Å². The summed E-state index contributed by atoms with van der Waals surface area (Å²) in [5.74, 6) is 0. The van der Waals surface area contributed by atoms with E-state index in [4.69, 9.17) is 16.7 Å². The predicted molar refractivity (Wildman–Crippen MR) is 53.4 cm³/mol. The van der Waals surface area contributed by atoms with Gasteiger partial charge in [0.05, 0.1) is 25.6 Å². The molecule has 7 heteroatoms. The van der Waals surface area contributed by atoms with Crippen LogP contribution in [0.3, 0.4) is 0 Å². The Morgan fingerprint density at radius 1 is 1.40 bits per heavy atom. The molecule has 2 heterocycles. The van der Waals surface area contributed by atoms with Crippen LogP contribution < -0.4 is 0 Å². The molecule has 2 aromatic rings. The van der Waals surface area contributed by atoms with Crippen LogP contribution in [0.15, 0.2) is 12.7 Å². The molecule has 80 valence electrons. The van der Waals surface area contributed by atoms with E-state index in [2.05, 4.69) is 15.0 Å². The van der Waals surface area contributed by atoms with E-state index < -0.39 is 6.10 Å². The zero-order chi connectivity index (χ0) is 10.8. The Bertz CT molecular complexity index is 473. The number of rotatable bonds is 3. The maximum absolute atomic E-state index is 9.30. The smallest absolute Gasteiger partial charge is 0.182 e. The molecular formula is C8H9ClN4O2. The van der Waals surface area contributed by atoms with Crippen molar-refractivity contribution in [3.63, 3.8) is 0 Å². The summed E-state index contributed by atoms with van der Waals surface area (Å²) in [6.45, 7) is -0.106. The van der Waals surface area contributed by atoms with E-state index >= 15 is 0 Å². The van der Waals surface area contributed by atoms with Crippen molar-refractivity contribution in [2.75, 3.05) is 6.61 Å². The van der Waals surface area contributed by atoms with Crippen LogP contribution in [0.5, 0.6) is 0 Å². The number of fused-ring (bicyclic) bond motifs is 1. The molecule has 6 nitrogen and oxygen atoms in total. The van der Waals surface area contributed by atoms with Gasteiger partial charge < -0.3 is 14.8 Å². The summed E-state index contributed by atoms with van der Waals surface area (Å²) in [7, 11) is 0. The van der Waals surface area contributed by atoms with Gasteiger partial charge in [-0.25, -0.2) is 15.0 Å². The van der Waals surface area contributed by atoms with Gasteiger partial charge in [0.2, 0.25) is 0 Å². The monoisotopic (exact) mass is 228 g/mol. The molecule has 0 aliphatic carbocycles. The zero-order valence-corrected chi connectivity index (χ0v) is 8.46. The normalized spacial score (nSPS) is 13.3. The van der Waals surface area contributed by atoms with Crippen molar-refractivity contribution >= 4 is 22.8 Å². The number of hydrogen-bond acceptors (Lipinski definition) is 5. The maximum Gasteiger partial charge on any atom is 0.182 e. The van der Waals surface area contributed by atoms with Crippen molar-refractivity contribution in [2.45, 2.75) is 12.6 Å². The van der Waals surface area contributed by atoms with Gasteiger partial charge in [-0.15, -0.1) is 0 Å². The minimum atomic E-state index is -0.848. The number of halogens is 1. The first kappa shape index (κ1) is 10.3. The van der Waals surface area contributed by atoms with Crippen LogP contribution in [-0.4, -0.2) is 42.4 Å². The van der Waals surface area contributed by atoms with Crippen molar-refractivity contribution in [1.29, 1.82) is 0 Å².